The van der Waals surface area contributed by atoms with E-state index in [9.17, 15) is 4.79 Å². The van der Waals surface area contributed by atoms with Crippen molar-refractivity contribution in [3.8, 4) is 11.4 Å². The summed E-state index contributed by atoms with van der Waals surface area (Å²) in [7, 11) is 0. The van der Waals surface area contributed by atoms with E-state index in [1.807, 2.05) is 60.7 Å². The van der Waals surface area contributed by atoms with Crippen LogP contribution in [-0.2, 0) is 4.79 Å². The average molecular weight is 335 g/mol. The molecular weight excluding hydrogens is 318 g/mol. The molecule has 24 heavy (non-hydrogen) atoms. The Bertz CT molecular complexity index is 777. The van der Waals surface area contributed by atoms with Gasteiger partial charge in [-0.05, 0) is 12.1 Å². The van der Waals surface area contributed by atoms with Gasteiger partial charge < -0.3 is 5.32 Å². The molecule has 3 aromatic rings. The highest BCUT2D eigenvalue weighted by atomic mass is 32.2. The molecule has 1 aromatic heterocycles. The monoisotopic (exact) mass is 335 g/mol. The number of hydrogen-bond donors (Lipinski definition) is 1. The van der Waals surface area contributed by atoms with Gasteiger partial charge in [0.25, 0.3) is 0 Å². The molecule has 0 atom stereocenters. The number of nitrogens with one attached hydrogen (secondary N) is 1. The van der Waals surface area contributed by atoms with Gasteiger partial charge in [-0.1, -0.05) is 48.5 Å². The SMILES string of the molecule is O=C(CCSc1ccccc1)Nc1cnc(-c2ccccc2)nc1. The number of carbonyl (C=O) groups is 1. The highest BCUT2D eigenvalue weighted by Gasteiger charge is 2.05. The Kier molecular flexibility index (Phi) is 5.58. The number of thioether (sulfide) groups is 1. The van der Waals surface area contributed by atoms with Crippen LogP contribution in [-0.4, -0.2) is 21.6 Å². The topological polar surface area (TPSA) is 54.9 Å². The number of aromatic nitrogens is 2. The molecule has 0 aliphatic rings. The van der Waals surface area contributed by atoms with Gasteiger partial charge >= 0.3 is 0 Å². The van der Waals surface area contributed by atoms with Crippen LogP contribution in [0.15, 0.2) is 78.0 Å². The lowest BCUT2D eigenvalue weighted by atomic mass is 10.2. The van der Waals surface area contributed by atoms with Crippen LogP contribution < -0.4 is 5.32 Å². The van der Waals surface area contributed by atoms with Crippen LogP contribution in [0.5, 0.6) is 0 Å². The van der Waals surface area contributed by atoms with Crippen molar-refractivity contribution in [1.82, 2.24) is 9.97 Å². The third kappa shape index (κ3) is 4.67. The smallest absolute Gasteiger partial charge is 0.225 e. The standard InChI is InChI=1S/C19H17N3OS/c23-18(11-12-24-17-9-5-2-6-10-17)22-16-13-20-19(21-14-16)15-7-3-1-4-8-15/h1-10,13-14H,11-12H2,(H,22,23). The lowest BCUT2D eigenvalue weighted by molar-refractivity contribution is -0.115. The lowest BCUT2D eigenvalue weighted by Crippen LogP contribution is -2.12. The summed E-state index contributed by atoms with van der Waals surface area (Å²) in [5.41, 5.74) is 1.57. The van der Waals surface area contributed by atoms with E-state index < -0.39 is 0 Å². The molecular formula is C19H17N3OS. The van der Waals surface area contributed by atoms with Crippen molar-refractivity contribution in [2.45, 2.75) is 11.3 Å². The quantitative estimate of drug-likeness (QED) is 0.684. The fraction of sp³-hybridized carbons (Fsp3) is 0.105. The maximum absolute atomic E-state index is 12.0. The number of benzene rings is 2. The third-order valence-electron chi connectivity index (χ3n) is 3.31. The number of rotatable bonds is 6. The first kappa shape index (κ1) is 16.2. The first-order valence-electron chi connectivity index (χ1n) is 7.66. The summed E-state index contributed by atoms with van der Waals surface area (Å²) in [6.07, 6.45) is 3.72. The third-order valence-corrected chi connectivity index (χ3v) is 4.32. The Morgan fingerprint density at radius 1 is 0.917 bits per heavy atom. The minimum Gasteiger partial charge on any atom is -0.323 e. The van der Waals surface area contributed by atoms with E-state index in [1.54, 1.807) is 24.2 Å². The zero-order valence-electron chi connectivity index (χ0n) is 13.1. The minimum atomic E-state index is -0.0329. The number of hydrogen-bond acceptors (Lipinski definition) is 4. The van der Waals surface area contributed by atoms with E-state index in [0.717, 1.165) is 11.3 Å². The van der Waals surface area contributed by atoms with Gasteiger partial charge in [0.05, 0.1) is 18.1 Å². The van der Waals surface area contributed by atoms with Gasteiger partial charge in [-0.2, -0.15) is 0 Å². The van der Waals surface area contributed by atoms with Gasteiger partial charge in [-0.15, -0.1) is 11.8 Å². The second-order valence-corrected chi connectivity index (χ2v) is 6.29. The van der Waals surface area contributed by atoms with Crippen molar-refractivity contribution in [1.29, 1.82) is 0 Å². The molecule has 0 aliphatic heterocycles. The summed E-state index contributed by atoms with van der Waals surface area (Å²) in [5.74, 6) is 1.35. The predicted molar refractivity (Wildman–Crippen MR) is 97.9 cm³/mol. The van der Waals surface area contributed by atoms with Gasteiger partial charge in [0.1, 0.15) is 0 Å². The first-order chi connectivity index (χ1) is 11.8. The van der Waals surface area contributed by atoms with Gasteiger partial charge in [0.2, 0.25) is 5.91 Å². The van der Waals surface area contributed by atoms with Crippen LogP contribution in [0.25, 0.3) is 11.4 Å². The van der Waals surface area contributed by atoms with E-state index in [4.69, 9.17) is 0 Å². The largest absolute Gasteiger partial charge is 0.323 e. The fourth-order valence-corrected chi connectivity index (χ4v) is 3.00. The highest BCUT2D eigenvalue weighted by Crippen LogP contribution is 2.18. The van der Waals surface area contributed by atoms with Crippen LogP contribution in [0.1, 0.15) is 6.42 Å². The molecule has 3 rings (SSSR count). The molecule has 0 fully saturated rings. The van der Waals surface area contributed by atoms with Gasteiger partial charge in [0.15, 0.2) is 5.82 Å². The summed E-state index contributed by atoms with van der Waals surface area (Å²) in [5, 5.41) is 2.83. The summed E-state index contributed by atoms with van der Waals surface area (Å²) in [4.78, 5) is 21.7. The van der Waals surface area contributed by atoms with Crippen LogP contribution in [0.3, 0.4) is 0 Å². The average Bonchev–Trinajstić information content (AvgIpc) is 2.64. The molecule has 1 N–H and O–H groups in total. The van der Waals surface area contributed by atoms with E-state index >= 15 is 0 Å². The molecule has 120 valence electrons. The summed E-state index contributed by atoms with van der Waals surface area (Å²) in [6, 6.07) is 19.8. The fourth-order valence-electron chi connectivity index (χ4n) is 2.13. The molecule has 0 aliphatic carbocycles. The van der Waals surface area contributed by atoms with Crippen LogP contribution >= 0.6 is 11.8 Å². The van der Waals surface area contributed by atoms with Crippen molar-refractivity contribution >= 4 is 23.4 Å². The van der Waals surface area contributed by atoms with Crippen molar-refractivity contribution < 1.29 is 4.79 Å². The first-order valence-corrected chi connectivity index (χ1v) is 8.65. The Morgan fingerprint density at radius 2 is 1.54 bits per heavy atom. The maximum atomic E-state index is 12.0. The van der Waals surface area contributed by atoms with Crippen molar-refractivity contribution in [2.75, 3.05) is 11.1 Å². The van der Waals surface area contributed by atoms with E-state index in [-0.39, 0.29) is 5.91 Å². The summed E-state index contributed by atoms with van der Waals surface area (Å²) < 4.78 is 0. The molecule has 0 spiro atoms. The number of carbonyl (C=O) groups excluding carboxylic acids is 1. The van der Waals surface area contributed by atoms with E-state index in [0.29, 0.717) is 17.9 Å². The van der Waals surface area contributed by atoms with Gasteiger partial charge in [-0.25, -0.2) is 9.97 Å². The lowest BCUT2D eigenvalue weighted by Gasteiger charge is -2.06. The summed E-state index contributed by atoms with van der Waals surface area (Å²) in [6.45, 7) is 0. The Labute approximate surface area is 145 Å². The van der Waals surface area contributed by atoms with Crippen LogP contribution in [0.2, 0.25) is 0 Å². The second-order valence-electron chi connectivity index (χ2n) is 5.12. The van der Waals surface area contributed by atoms with Crippen LogP contribution in [0, 0.1) is 0 Å². The molecule has 2 aromatic carbocycles. The Hall–Kier alpha value is -2.66. The highest BCUT2D eigenvalue weighted by molar-refractivity contribution is 7.99. The van der Waals surface area contributed by atoms with E-state index in [1.165, 1.54) is 4.90 Å². The Morgan fingerprint density at radius 3 is 2.21 bits per heavy atom. The van der Waals surface area contributed by atoms with Crippen molar-refractivity contribution in [3.05, 3.63) is 73.1 Å². The van der Waals surface area contributed by atoms with Gasteiger partial charge in [-0.3, -0.25) is 4.79 Å². The van der Waals surface area contributed by atoms with E-state index in [2.05, 4.69) is 15.3 Å². The molecule has 5 heteroatoms. The molecule has 0 unspecified atom stereocenters. The molecule has 1 heterocycles. The number of nitrogens with zero attached hydrogens (tertiary/aromatic N) is 2. The van der Waals surface area contributed by atoms with Gasteiger partial charge in [0, 0.05) is 22.6 Å². The Balaban J connectivity index is 1.49. The zero-order chi connectivity index (χ0) is 16.6. The molecule has 0 saturated carbocycles. The second kappa shape index (κ2) is 8.26. The maximum Gasteiger partial charge on any atom is 0.225 e. The number of anilines is 1. The zero-order valence-corrected chi connectivity index (χ0v) is 13.9. The number of amides is 1. The molecule has 0 radical (unpaired) electrons. The normalized spacial score (nSPS) is 10.3. The molecule has 4 nitrogen and oxygen atoms in total. The van der Waals surface area contributed by atoms with Crippen molar-refractivity contribution in [3.63, 3.8) is 0 Å². The molecule has 0 saturated heterocycles. The molecule has 0 bridgehead atoms. The minimum absolute atomic E-state index is 0.0329. The van der Waals surface area contributed by atoms with Crippen molar-refractivity contribution in [2.24, 2.45) is 0 Å². The van der Waals surface area contributed by atoms with Crippen LogP contribution in [0.4, 0.5) is 5.69 Å². The molecule has 1 amide bonds. The predicted octanol–water partition coefficient (Wildman–Crippen LogP) is 4.26. The summed E-state index contributed by atoms with van der Waals surface area (Å²) >= 11 is 1.67.